The molecule has 0 atom stereocenters. The molecule has 0 saturated heterocycles. The third-order valence-electron chi connectivity index (χ3n) is 18.5. The molecule has 16 rings (SSSR count). The zero-order chi connectivity index (χ0) is 56.6. The smallest absolute Gasteiger partial charge is 0.0540 e. The molecule has 0 radical (unpaired) electrons. The molecule has 0 unspecified atom stereocenters. The van der Waals surface area contributed by atoms with E-state index in [0.29, 0.717) is 0 Å². The Balaban J connectivity index is 0.818. The lowest BCUT2D eigenvalue weighted by atomic mass is 9.81. The Bertz CT molecular complexity index is 4710. The van der Waals surface area contributed by atoms with E-state index in [0.717, 1.165) is 34.1 Å². The molecule has 402 valence electrons. The summed E-state index contributed by atoms with van der Waals surface area (Å²) in [6, 6.07) is 96.0. The van der Waals surface area contributed by atoms with Crippen molar-refractivity contribution in [1.82, 2.24) is 0 Å². The van der Waals surface area contributed by atoms with Crippen molar-refractivity contribution in [2.45, 2.75) is 52.4 Å². The quantitative estimate of drug-likeness (QED) is 0.142. The van der Waals surface area contributed by atoms with Crippen molar-refractivity contribution in [2.75, 3.05) is 9.80 Å². The molecule has 0 bridgehead atoms. The van der Waals surface area contributed by atoms with Crippen molar-refractivity contribution < 1.29 is 0 Å². The van der Waals surface area contributed by atoms with Gasteiger partial charge in [-0.15, -0.1) is 22.7 Å². The van der Waals surface area contributed by atoms with Crippen LogP contribution in [0.5, 0.6) is 0 Å². The van der Waals surface area contributed by atoms with E-state index < -0.39 is 0 Å². The number of benzene rings is 12. The molecule has 2 heterocycles. The Morgan fingerprint density at radius 3 is 1.06 bits per heavy atom. The van der Waals surface area contributed by atoms with E-state index in [1.807, 2.05) is 22.7 Å². The van der Waals surface area contributed by atoms with Crippen LogP contribution in [0.1, 0.15) is 61.1 Å². The van der Waals surface area contributed by atoms with Crippen LogP contribution in [0.3, 0.4) is 0 Å². The van der Waals surface area contributed by atoms with Gasteiger partial charge in [0.15, 0.2) is 0 Å². The van der Waals surface area contributed by atoms with Gasteiger partial charge in [0.1, 0.15) is 0 Å². The number of para-hydroxylation sites is 2. The molecule has 0 spiro atoms. The van der Waals surface area contributed by atoms with Gasteiger partial charge in [-0.2, -0.15) is 0 Å². The third kappa shape index (κ3) is 7.81. The number of rotatable bonds is 9. The number of nitrogens with zero attached hydrogens (tertiary/aromatic N) is 2. The van der Waals surface area contributed by atoms with Crippen molar-refractivity contribution >= 4 is 97.1 Å². The van der Waals surface area contributed by atoms with Crippen LogP contribution in [-0.2, 0) is 10.8 Å². The Hall–Kier alpha value is -9.32. The first-order chi connectivity index (χ1) is 41.0. The fourth-order valence-electron chi connectivity index (χ4n) is 14.3. The van der Waals surface area contributed by atoms with Gasteiger partial charge in [-0.1, -0.05) is 185 Å². The van der Waals surface area contributed by atoms with E-state index in [2.05, 4.69) is 306 Å². The highest BCUT2D eigenvalue weighted by atomic mass is 32.1. The number of fused-ring (bicyclic) bond motifs is 12. The Morgan fingerprint density at radius 2 is 0.619 bits per heavy atom. The average molecular weight is 1110 g/mol. The molecular weight excluding hydrogens is 1050 g/mol. The number of hydrogen-bond acceptors (Lipinski definition) is 4. The zero-order valence-corrected chi connectivity index (χ0v) is 49.6. The van der Waals surface area contributed by atoms with Gasteiger partial charge >= 0.3 is 0 Å². The van der Waals surface area contributed by atoms with Gasteiger partial charge in [-0.25, -0.2) is 0 Å². The summed E-state index contributed by atoms with van der Waals surface area (Å²) in [6.45, 7) is 14.1. The maximum Gasteiger partial charge on any atom is 0.0540 e. The largest absolute Gasteiger partial charge is 0.310 e. The standard InChI is InChI=1S/C80H60N2S2/c1-49-43-51(33-39-71(49)81(55-35-41-77-65(47-55)63-23-11-17-29-75(63)83-77)73-27-15-9-19-57(73)53-31-37-61-59-21-7-13-25-67(59)79(3,4)69(61)45-53)52-34-40-72(50(2)44-52)82(56-36-42-78-66(48-56)64-24-12-18-30-76(64)84-78)74-28-16-10-20-58(74)54-32-38-62-60-22-8-14-26-68(60)80(5,6)70(62)46-54/h7-48H,1-6H3. The Morgan fingerprint density at radius 1 is 0.262 bits per heavy atom. The molecule has 0 amide bonds. The fraction of sp³-hybridized carbons (Fsp3) is 0.100. The summed E-state index contributed by atoms with van der Waals surface area (Å²) in [5, 5.41) is 5.14. The lowest BCUT2D eigenvalue weighted by Gasteiger charge is -2.30. The average Bonchev–Trinajstić information content (AvgIpc) is 2.94. The number of aryl methyl sites for hydroxylation is 2. The molecule has 2 aliphatic rings. The second-order valence-electron chi connectivity index (χ2n) is 24.1. The first-order valence-corrected chi connectivity index (χ1v) is 30.9. The van der Waals surface area contributed by atoms with Crippen LogP contribution < -0.4 is 9.80 Å². The SMILES string of the molecule is Cc1cc(-c2ccc(N(c3ccc4sc5ccccc5c4c3)c3ccccc3-c3ccc4c(c3)C(C)(C)c3ccccc3-4)c(C)c2)ccc1N(c1ccc2sc3ccccc3c2c1)c1ccccc1-c1ccc2c(c1)C(C)(C)c1ccccc1-2. The van der Waals surface area contributed by atoms with Gasteiger partial charge in [0, 0.05) is 85.1 Å². The van der Waals surface area contributed by atoms with Crippen molar-refractivity contribution in [3.63, 3.8) is 0 Å². The van der Waals surface area contributed by atoms with Crippen LogP contribution in [0.2, 0.25) is 0 Å². The fourth-order valence-corrected chi connectivity index (χ4v) is 16.4. The van der Waals surface area contributed by atoms with Crippen molar-refractivity contribution in [2.24, 2.45) is 0 Å². The second-order valence-corrected chi connectivity index (χ2v) is 26.3. The molecule has 0 N–H and O–H groups in total. The van der Waals surface area contributed by atoms with Crippen molar-refractivity contribution in [3.8, 4) is 55.6 Å². The Labute approximate surface area is 499 Å². The molecule has 0 aliphatic heterocycles. The minimum atomic E-state index is -0.116. The summed E-state index contributed by atoms with van der Waals surface area (Å²) in [4.78, 5) is 5.01. The van der Waals surface area contributed by atoms with Gasteiger partial charge < -0.3 is 9.80 Å². The number of anilines is 6. The highest BCUT2D eigenvalue weighted by molar-refractivity contribution is 7.26. The van der Waals surface area contributed by atoms with E-state index >= 15 is 0 Å². The van der Waals surface area contributed by atoms with Gasteiger partial charge in [0.25, 0.3) is 0 Å². The summed E-state index contributed by atoms with van der Waals surface area (Å²) >= 11 is 3.73. The van der Waals surface area contributed by atoms with Crippen LogP contribution in [0.4, 0.5) is 34.1 Å². The summed E-state index contributed by atoms with van der Waals surface area (Å²) in [6.07, 6.45) is 0. The molecule has 0 fully saturated rings. The summed E-state index contributed by atoms with van der Waals surface area (Å²) < 4.78 is 5.19. The summed E-state index contributed by atoms with van der Waals surface area (Å²) in [7, 11) is 0. The maximum atomic E-state index is 2.51. The van der Waals surface area contributed by atoms with E-state index in [1.165, 1.54) is 129 Å². The van der Waals surface area contributed by atoms with Gasteiger partial charge in [0.05, 0.1) is 11.4 Å². The molecule has 14 aromatic rings. The van der Waals surface area contributed by atoms with E-state index in [4.69, 9.17) is 0 Å². The molecular formula is C80H60N2S2. The van der Waals surface area contributed by atoms with Crippen molar-refractivity contribution in [1.29, 1.82) is 0 Å². The normalized spacial score (nSPS) is 13.5. The Kier molecular flexibility index (Phi) is 11.5. The predicted octanol–water partition coefficient (Wildman–Crippen LogP) is 23.6. The molecule has 0 saturated carbocycles. The van der Waals surface area contributed by atoms with Gasteiger partial charge in [-0.05, 0) is 189 Å². The van der Waals surface area contributed by atoms with Gasteiger partial charge in [-0.3, -0.25) is 0 Å². The molecule has 84 heavy (non-hydrogen) atoms. The highest BCUT2D eigenvalue weighted by Crippen LogP contribution is 2.54. The molecule has 2 nitrogen and oxygen atoms in total. The summed E-state index contributed by atoms with van der Waals surface area (Å²) in [5.74, 6) is 0. The summed E-state index contributed by atoms with van der Waals surface area (Å²) in [5.41, 5.74) is 27.0. The minimum absolute atomic E-state index is 0.116. The highest BCUT2D eigenvalue weighted by Gasteiger charge is 2.37. The first kappa shape index (κ1) is 50.4. The predicted molar refractivity (Wildman–Crippen MR) is 362 cm³/mol. The molecule has 2 aliphatic carbocycles. The lowest BCUT2D eigenvalue weighted by molar-refractivity contribution is 0.660. The monoisotopic (exact) mass is 1110 g/mol. The van der Waals surface area contributed by atoms with Crippen LogP contribution >= 0.6 is 22.7 Å². The maximum absolute atomic E-state index is 2.51. The van der Waals surface area contributed by atoms with E-state index in [-0.39, 0.29) is 10.8 Å². The molecule has 4 heteroatoms. The topological polar surface area (TPSA) is 6.48 Å². The van der Waals surface area contributed by atoms with E-state index in [9.17, 15) is 0 Å². The van der Waals surface area contributed by atoms with E-state index in [1.54, 1.807) is 0 Å². The van der Waals surface area contributed by atoms with Crippen LogP contribution in [0, 0.1) is 13.8 Å². The number of thiophene rings is 2. The van der Waals surface area contributed by atoms with Crippen LogP contribution in [0.25, 0.3) is 96.0 Å². The van der Waals surface area contributed by atoms with Crippen molar-refractivity contribution in [3.05, 3.63) is 288 Å². The number of hydrogen-bond donors (Lipinski definition) is 0. The third-order valence-corrected chi connectivity index (χ3v) is 20.8. The zero-order valence-electron chi connectivity index (χ0n) is 48.0. The molecule has 12 aromatic carbocycles. The molecule has 2 aromatic heterocycles. The first-order valence-electron chi connectivity index (χ1n) is 29.3. The van der Waals surface area contributed by atoms with Gasteiger partial charge in [0.2, 0.25) is 0 Å². The second kappa shape index (κ2) is 19.1. The lowest BCUT2D eigenvalue weighted by Crippen LogP contribution is -2.15. The minimum Gasteiger partial charge on any atom is -0.310 e. The van der Waals surface area contributed by atoms with Crippen LogP contribution in [-0.4, -0.2) is 0 Å². The van der Waals surface area contributed by atoms with Crippen LogP contribution in [0.15, 0.2) is 255 Å².